The second kappa shape index (κ2) is 11.9. The summed E-state index contributed by atoms with van der Waals surface area (Å²) in [5.74, 6) is -0.632. The number of rotatable bonds is 7. The summed E-state index contributed by atoms with van der Waals surface area (Å²) in [6, 6.07) is 9.01. The lowest BCUT2D eigenvalue weighted by atomic mass is 10.1. The maximum absolute atomic E-state index is 13.8. The summed E-state index contributed by atoms with van der Waals surface area (Å²) in [4.78, 5) is 22.5. The van der Waals surface area contributed by atoms with Gasteiger partial charge in [0.25, 0.3) is 5.91 Å². The fraction of sp³-hybridized carbons (Fsp3) is 0.379. The van der Waals surface area contributed by atoms with Crippen molar-refractivity contribution < 1.29 is 22.7 Å². The Balaban J connectivity index is 1.21. The van der Waals surface area contributed by atoms with E-state index in [-0.39, 0.29) is 11.6 Å². The van der Waals surface area contributed by atoms with E-state index in [4.69, 9.17) is 4.74 Å². The summed E-state index contributed by atoms with van der Waals surface area (Å²) in [5, 5.41) is 15.5. The number of hydrogen-bond donors (Lipinski definition) is 2. The minimum absolute atomic E-state index is 0.0623. The van der Waals surface area contributed by atoms with Crippen molar-refractivity contribution in [2.45, 2.75) is 25.6 Å². The summed E-state index contributed by atoms with van der Waals surface area (Å²) >= 11 is 1.47. The van der Waals surface area contributed by atoms with Crippen molar-refractivity contribution in [2.24, 2.45) is 0 Å². The standard InChI is InChI=1S/C29H31F3N8O2S/c1-18-3-4-21(14-25(18)40-16-24(36-37-40)26-15-33-28(43-26)35-22-5-10-42-17-22)34-27(41)19-11-20(29(30,31)32)13-23(12-19)39-8-6-38(2)7-9-39/h3-4,11-16,22H,5-10,17H2,1-2H3,(H,33,35)(H,34,41). The Hall–Kier alpha value is -4.01. The van der Waals surface area contributed by atoms with Crippen LogP contribution in [0, 0.1) is 6.92 Å². The average Bonchev–Trinajstić information content (AvgIpc) is 3.77. The molecule has 2 aromatic heterocycles. The lowest BCUT2D eigenvalue weighted by Gasteiger charge is -2.34. The quantitative estimate of drug-likeness (QED) is 0.304. The lowest BCUT2D eigenvalue weighted by molar-refractivity contribution is -0.137. The van der Waals surface area contributed by atoms with Crippen LogP contribution in [0.2, 0.25) is 0 Å². The maximum atomic E-state index is 13.8. The molecule has 0 radical (unpaired) electrons. The number of carbonyl (C=O) groups excluding carboxylic acids is 1. The number of likely N-dealkylation sites (N-methyl/N-ethyl adjacent to an activating group) is 1. The molecule has 10 nitrogen and oxygen atoms in total. The Morgan fingerprint density at radius 3 is 2.67 bits per heavy atom. The summed E-state index contributed by atoms with van der Waals surface area (Å²) in [5.41, 5.74) is 2.07. The molecule has 4 aromatic rings. The largest absolute Gasteiger partial charge is 0.416 e. The summed E-state index contributed by atoms with van der Waals surface area (Å²) in [7, 11) is 1.97. The number of carbonyl (C=O) groups is 1. The van der Waals surface area contributed by atoms with Gasteiger partial charge in [0.15, 0.2) is 5.13 Å². The third kappa shape index (κ3) is 6.65. The number of aromatic nitrogens is 4. The fourth-order valence-corrected chi connectivity index (χ4v) is 5.91. The van der Waals surface area contributed by atoms with Gasteiger partial charge in [-0.25, -0.2) is 9.67 Å². The molecular weight excluding hydrogens is 581 g/mol. The van der Waals surface area contributed by atoms with Crippen molar-refractivity contribution >= 4 is 33.8 Å². The molecule has 2 aliphatic rings. The monoisotopic (exact) mass is 612 g/mol. The van der Waals surface area contributed by atoms with E-state index in [1.54, 1.807) is 29.2 Å². The third-order valence-electron chi connectivity index (χ3n) is 7.60. The third-order valence-corrected chi connectivity index (χ3v) is 8.55. The Morgan fingerprint density at radius 1 is 1.12 bits per heavy atom. The van der Waals surface area contributed by atoms with Gasteiger partial charge in [-0.15, -0.1) is 5.10 Å². The van der Waals surface area contributed by atoms with E-state index in [2.05, 4.69) is 30.8 Å². The summed E-state index contributed by atoms with van der Waals surface area (Å²) in [6.07, 6.45) is -0.132. The molecule has 226 valence electrons. The van der Waals surface area contributed by atoms with Crippen molar-refractivity contribution in [1.29, 1.82) is 0 Å². The number of benzene rings is 2. The highest BCUT2D eigenvalue weighted by Crippen LogP contribution is 2.34. The second-order valence-electron chi connectivity index (χ2n) is 10.8. The topological polar surface area (TPSA) is 100 Å². The van der Waals surface area contributed by atoms with Gasteiger partial charge in [0.2, 0.25) is 0 Å². The predicted octanol–water partition coefficient (Wildman–Crippen LogP) is 4.92. The zero-order valence-corrected chi connectivity index (χ0v) is 24.5. The van der Waals surface area contributed by atoms with E-state index < -0.39 is 17.6 Å². The highest BCUT2D eigenvalue weighted by Gasteiger charge is 2.33. The molecule has 2 aromatic carbocycles. The lowest BCUT2D eigenvalue weighted by Crippen LogP contribution is -2.44. The molecule has 4 heterocycles. The molecule has 0 saturated carbocycles. The predicted molar refractivity (Wildman–Crippen MR) is 159 cm³/mol. The normalized spacial score (nSPS) is 17.8. The minimum atomic E-state index is -4.58. The second-order valence-corrected chi connectivity index (χ2v) is 11.8. The van der Waals surface area contributed by atoms with Gasteiger partial charge < -0.3 is 25.2 Å². The first kappa shape index (κ1) is 29.1. The number of ether oxygens (including phenoxy) is 1. The van der Waals surface area contributed by atoms with E-state index in [1.165, 1.54) is 17.4 Å². The van der Waals surface area contributed by atoms with Crippen LogP contribution in [0.1, 0.15) is 27.9 Å². The van der Waals surface area contributed by atoms with Crippen molar-refractivity contribution in [3.8, 4) is 16.3 Å². The van der Waals surface area contributed by atoms with Gasteiger partial charge in [-0.05, 0) is 56.3 Å². The van der Waals surface area contributed by atoms with Gasteiger partial charge in [-0.3, -0.25) is 4.79 Å². The Kier molecular flexibility index (Phi) is 8.07. The fourth-order valence-electron chi connectivity index (χ4n) is 5.07. The highest BCUT2D eigenvalue weighted by molar-refractivity contribution is 7.18. The number of nitrogens with one attached hydrogen (secondary N) is 2. The van der Waals surface area contributed by atoms with Crippen LogP contribution in [0.25, 0.3) is 16.3 Å². The molecule has 0 bridgehead atoms. The van der Waals surface area contributed by atoms with Crippen molar-refractivity contribution in [2.75, 3.05) is 62.0 Å². The molecule has 2 fully saturated rings. The van der Waals surface area contributed by atoms with Gasteiger partial charge >= 0.3 is 6.18 Å². The van der Waals surface area contributed by atoms with Crippen LogP contribution in [-0.4, -0.2) is 83.3 Å². The van der Waals surface area contributed by atoms with Crippen molar-refractivity contribution in [3.63, 3.8) is 0 Å². The van der Waals surface area contributed by atoms with E-state index >= 15 is 0 Å². The summed E-state index contributed by atoms with van der Waals surface area (Å²) in [6.45, 7) is 5.90. The molecular formula is C29H31F3N8O2S. The smallest absolute Gasteiger partial charge is 0.379 e. The molecule has 2 N–H and O–H groups in total. The zero-order valence-electron chi connectivity index (χ0n) is 23.7. The Labute approximate surface area is 250 Å². The molecule has 2 saturated heterocycles. The van der Waals surface area contributed by atoms with Crippen LogP contribution in [0.4, 0.5) is 29.7 Å². The van der Waals surface area contributed by atoms with Gasteiger partial charge in [0.05, 0.1) is 35.0 Å². The molecule has 6 rings (SSSR count). The number of nitrogens with zero attached hydrogens (tertiary/aromatic N) is 6. The number of aryl methyl sites for hydroxylation is 1. The molecule has 0 aliphatic carbocycles. The Bertz CT molecular complexity index is 1610. The first-order valence-electron chi connectivity index (χ1n) is 13.9. The van der Waals surface area contributed by atoms with Gasteiger partial charge in [-0.1, -0.05) is 22.6 Å². The van der Waals surface area contributed by atoms with Gasteiger partial charge in [0, 0.05) is 55.9 Å². The first-order valence-corrected chi connectivity index (χ1v) is 14.7. The molecule has 14 heteroatoms. The van der Waals surface area contributed by atoms with Crippen LogP contribution < -0.4 is 15.5 Å². The molecule has 1 amide bonds. The van der Waals surface area contributed by atoms with Gasteiger partial charge in [0.1, 0.15) is 5.69 Å². The first-order chi connectivity index (χ1) is 20.6. The van der Waals surface area contributed by atoms with Crippen LogP contribution in [0.3, 0.4) is 0 Å². The number of amides is 1. The molecule has 0 spiro atoms. The van der Waals surface area contributed by atoms with E-state index in [1.807, 2.05) is 24.9 Å². The maximum Gasteiger partial charge on any atom is 0.416 e. The number of alkyl halides is 3. The number of halogens is 3. The van der Waals surface area contributed by atoms with E-state index in [9.17, 15) is 18.0 Å². The molecule has 2 aliphatic heterocycles. The Morgan fingerprint density at radius 2 is 1.93 bits per heavy atom. The molecule has 1 unspecified atom stereocenters. The zero-order chi connectivity index (χ0) is 30.1. The van der Waals surface area contributed by atoms with Crippen molar-refractivity contribution in [3.05, 3.63) is 65.5 Å². The number of anilines is 3. The number of thiazole rings is 1. The summed E-state index contributed by atoms with van der Waals surface area (Å²) < 4.78 is 48.4. The van der Waals surface area contributed by atoms with E-state index in [0.717, 1.165) is 53.8 Å². The minimum Gasteiger partial charge on any atom is -0.379 e. The highest BCUT2D eigenvalue weighted by atomic mass is 32.1. The van der Waals surface area contributed by atoms with Crippen LogP contribution in [0.5, 0.6) is 0 Å². The SMILES string of the molecule is Cc1ccc(NC(=O)c2cc(N3CCN(C)CC3)cc(C(F)(F)F)c2)cc1-n1cc(-c2cnc(NC3CCOC3)s2)nn1. The van der Waals surface area contributed by atoms with Crippen LogP contribution >= 0.6 is 11.3 Å². The van der Waals surface area contributed by atoms with Crippen molar-refractivity contribution in [1.82, 2.24) is 24.9 Å². The number of piperazine rings is 1. The van der Waals surface area contributed by atoms with Crippen LogP contribution in [0.15, 0.2) is 48.8 Å². The van der Waals surface area contributed by atoms with E-state index in [0.29, 0.717) is 42.5 Å². The van der Waals surface area contributed by atoms with Crippen LogP contribution in [-0.2, 0) is 10.9 Å². The average molecular weight is 613 g/mol. The molecule has 43 heavy (non-hydrogen) atoms. The van der Waals surface area contributed by atoms with Gasteiger partial charge in [-0.2, -0.15) is 13.2 Å². The number of hydrogen-bond acceptors (Lipinski definition) is 9. The molecule has 1 atom stereocenters.